The van der Waals surface area contributed by atoms with Gasteiger partial charge in [-0.3, -0.25) is 4.79 Å². The molecule has 1 atom stereocenters. The van der Waals surface area contributed by atoms with Gasteiger partial charge in [-0.1, -0.05) is 0 Å². The number of nitrogens with zero attached hydrogens (tertiary/aromatic N) is 1. The zero-order chi connectivity index (χ0) is 10.6. The molecule has 76 valence electrons. The second kappa shape index (κ2) is 4.40. The van der Waals surface area contributed by atoms with Crippen LogP contribution < -0.4 is 5.32 Å². The summed E-state index contributed by atoms with van der Waals surface area (Å²) < 4.78 is 0. The Labute approximate surface area is 80.4 Å². The summed E-state index contributed by atoms with van der Waals surface area (Å²) in [5.41, 5.74) is 0.684. The number of aromatic amines is 1. The van der Waals surface area contributed by atoms with E-state index in [2.05, 4.69) is 15.3 Å². The van der Waals surface area contributed by atoms with Gasteiger partial charge in [0.05, 0.1) is 0 Å². The Kier molecular flexibility index (Phi) is 3.22. The maximum Gasteiger partial charge on any atom is 0.326 e. The van der Waals surface area contributed by atoms with E-state index in [4.69, 9.17) is 5.11 Å². The molecule has 1 unspecified atom stereocenters. The molecule has 0 aliphatic rings. The predicted molar refractivity (Wildman–Crippen MR) is 47.7 cm³/mol. The lowest BCUT2D eigenvalue weighted by Gasteiger charge is -2.08. The number of carboxylic acids is 1. The topological polar surface area (TPSA) is 95.1 Å². The van der Waals surface area contributed by atoms with Crippen LogP contribution in [0.4, 0.5) is 0 Å². The summed E-state index contributed by atoms with van der Waals surface area (Å²) in [6, 6.07) is -0.910. The van der Waals surface area contributed by atoms with Crippen molar-refractivity contribution in [1.82, 2.24) is 15.3 Å². The molecule has 1 heterocycles. The van der Waals surface area contributed by atoms with E-state index in [1.54, 1.807) is 13.1 Å². The minimum Gasteiger partial charge on any atom is -0.480 e. The smallest absolute Gasteiger partial charge is 0.326 e. The Bertz CT molecular complexity index is 334. The van der Waals surface area contributed by atoms with Gasteiger partial charge in [-0.25, -0.2) is 9.78 Å². The second-order valence-corrected chi connectivity index (χ2v) is 2.87. The number of carboxylic acid groups (broad SMARTS) is 1. The highest BCUT2D eigenvalue weighted by molar-refractivity contribution is 5.76. The Balaban J connectivity index is 2.64. The van der Waals surface area contributed by atoms with Crippen LogP contribution in [0.1, 0.15) is 11.5 Å². The molecule has 0 fully saturated rings. The predicted octanol–water partition coefficient (Wildman–Crippen LogP) is -0.540. The summed E-state index contributed by atoms with van der Waals surface area (Å²) >= 11 is 0. The average molecular weight is 197 g/mol. The van der Waals surface area contributed by atoms with E-state index in [0.717, 1.165) is 5.82 Å². The van der Waals surface area contributed by atoms with Crippen LogP contribution >= 0.6 is 0 Å². The van der Waals surface area contributed by atoms with Crippen molar-refractivity contribution in [2.45, 2.75) is 19.4 Å². The molecule has 0 aliphatic carbocycles. The van der Waals surface area contributed by atoms with Gasteiger partial charge in [-0.2, -0.15) is 0 Å². The standard InChI is InChI=1S/C8H11N3O3/c1-5-9-3-6(11-5)2-7(8(13)14)10-4-12/h3-4,7H,2H2,1H3,(H,9,11)(H,10,12)(H,13,14). The largest absolute Gasteiger partial charge is 0.480 e. The summed E-state index contributed by atoms with van der Waals surface area (Å²) in [6.07, 6.45) is 2.13. The molecule has 14 heavy (non-hydrogen) atoms. The summed E-state index contributed by atoms with van der Waals surface area (Å²) in [6.45, 7) is 1.77. The fourth-order valence-electron chi connectivity index (χ4n) is 1.09. The number of aryl methyl sites for hydroxylation is 1. The molecule has 6 nitrogen and oxygen atoms in total. The Morgan fingerprint density at radius 3 is 3.00 bits per heavy atom. The lowest BCUT2D eigenvalue weighted by atomic mass is 10.2. The molecule has 1 aromatic heterocycles. The highest BCUT2D eigenvalue weighted by Crippen LogP contribution is 2.00. The molecule has 0 saturated carbocycles. The number of carbonyl (C=O) groups is 2. The van der Waals surface area contributed by atoms with Gasteiger partial charge >= 0.3 is 5.97 Å². The molecule has 0 aliphatic heterocycles. The number of hydrogen-bond acceptors (Lipinski definition) is 3. The lowest BCUT2D eigenvalue weighted by Crippen LogP contribution is -2.37. The average Bonchev–Trinajstić information content (AvgIpc) is 2.50. The number of rotatable bonds is 5. The van der Waals surface area contributed by atoms with Crippen LogP contribution in [0.2, 0.25) is 0 Å². The van der Waals surface area contributed by atoms with E-state index in [1.165, 1.54) is 0 Å². The first-order valence-corrected chi connectivity index (χ1v) is 4.06. The van der Waals surface area contributed by atoms with Gasteiger partial charge < -0.3 is 15.4 Å². The van der Waals surface area contributed by atoms with Gasteiger partial charge in [0, 0.05) is 18.3 Å². The molecule has 0 saturated heterocycles. The van der Waals surface area contributed by atoms with Gasteiger partial charge in [0.15, 0.2) is 0 Å². The minimum absolute atomic E-state index is 0.203. The van der Waals surface area contributed by atoms with Crippen molar-refractivity contribution in [3.05, 3.63) is 17.7 Å². The third-order valence-corrected chi connectivity index (χ3v) is 1.75. The van der Waals surface area contributed by atoms with Crippen molar-refractivity contribution in [3.8, 4) is 0 Å². The Morgan fingerprint density at radius 2 is 2.57 bits per heavy atom. The third kappa shape index (κ3) is 2.58. The van der Waals surface area contributed by atoms with Gasteiger partial charge in [0.1, 0.15) is 11.9 Å². The fourth-order valence-corrected chi connectivity index (χ4v) is 1.09. The molecule has 0 radical (unpaired) electrons. The maximum absolute atomic E-state index is 10.6. The molecule has 1 amide bonds. The number of hydrogen-bond donors (Lipinski definition) is 3. The number of amides is 1. The Hall–Kier alpha value is -1.85. The summed E-state index contributed by atoms with van der Waals surface area (Å²) in [5.74, 6) is -0.348. The lowest BCUT2D eigenvalue weighted by molar-refractivity contribution is -0.140. The van der Waals surface area contributed by atoms with Crippen molar-refractivity contribution in [2.24, 2.45) is 0 Å². The van der Waals surface area contributed by atoms with Crippen LogP contribution in [0.25, 0.3) is 0 Å². The van der Waals surface area contributed by atoms with Crippen LogP contribution in [0.15, 0.2) is 6.20 Å². The van der Waals surface area contributed by atoms with Crippen molar-refractivity contribution < 1.29 is 14.7 Å². The van der Waals surface area contributed by atoms with Gasteiger partial charge in [-0.05, 0) is 6.92 Å². The quantitative estimate of drug-likeness (QED) is 0.552. The van der Waals surface area contributed by atoms with Crippen LogP contribution in [0, 0.1) is 6.92 Å². The molecule has 1 rings (SSSR count). The number of aliphatic carboxylic acids is 1. The van der Waals surface area contributed by atoms with Crippen LogP contribution in [-0.4, -0.2) is 33.5 Å². The van der Waals surface area contributed by atoms with Crippen molar-refractivity contribution in [3.63, 3.8) is 0 Å². The van der Waals surface area contributed by atoms with E-state index in [1.807, 2.05) is 0 Å². The summed E-state index contributed by atoms with van der Waals surface area (Å²) in [4.78, 5) is 27.6. The van der Waals surface area contributed by atoms with Gasteiger partial charge in [0.2, 0.25) is 6.41 Å². The number of carbonyl (C=O) groups excluding carboxylic acids is 1. The number of aromatic nitrogens is 2. The Morgan fingerprint density at radius 1 is 1.86 bits per heavy atom. The maximum atomic E-state index is 10.6. The molecule has 0 spiro atoms. The van der Waals surface area contributed by atoms with Crippen molar-refractivity contribution in [1.29, 1.82) is 0 Å². The highest BCUT2D eigenvalue weighted by Gasteiger charge is 2.17. The molecule has 0 bridgehead atoms. The molecular formula is C8H11N3O3. The third-order valence-electron chi connectivity index (χ3n) is 1.75. The number of nitrogens with one attached hydrogen (secondary N) is 2. The SMILES string of the molecule is Cc1ncc(CC(NC=O)C(=O)O)[nH]1. The molecular weight excluding hydrogens is 186 g/mol. The van der Waals surface area contributed by atoms with Crippen LogP contribution in [0.5, 0.6) is 0 Å². The van der Waals surface area contributed by atoms with E-state index in [0.29, 0.717) is 12.1 Å². The second-order valence-electron chi connectivity index (χ2n) is 2.87. The molecule has 6 heteroatoms. The van der Waals surface area contributed by atoms with Gasteiger partial charge in [0.25, 0.3) is 0 Å². The van der Waals surface area contributed by atoms with Crippen molar-refractivity contribution in [2.75, 3.05) is 0 Å². The van der Waals surface area contributed by atoms with Crippen LogP contribution in [0.3, 0.4) is 0 Å². The number of H-pyrrole nitrogens is 1. The highest BCUT2D eigenvalue weighted by atomic mass is 16.4. The first kappa shape index (κ1) is 10.2. The summed E-state index contributed by atoms with van der Waals surface area (Å²) in [7, 11) is 0. The van der Waals surface area contributed by atoms with E-state index in [9.17, 15) is 9.59 Å². The van der Waals surface area contributed by atoms with E-state index in [-0.39, 0.29) is 6.42 Å². The normalized spacial score (nSPS) is 12.1. The number of imidazole rings is 1. The van der Waals surface area contributed by atoms with E-state index < -0.39 is 12.0 Å². The zero-order valence-corrected chi connectivity index (χ0v) is 7.65. The van der Waals surface area contributed by atoms with Crippen LogP contribution in [-0.2, 0) is 16.0 Å². The molecule has 3 N–H and O–H groups in total. The fraction of sp³-hybridized carbons (Fsp3) is 0.375. The van der Waals surface area contributed by atoms with Gasteiger partial charge in [-0.15, -0.1) is 0 Å². The molecule has 0 aromatic carbocycles. The first-order chi connectivity index (χ1) is 6.63. The van der Waals surface area contributed by atoms with E-state index >= 15 is 0 Å². The monoisotopic (exact) mass is 197 g/mol. The molecule has 1 aromatic rings. The van der Waals surface area contributed by atoms with Crippen molar-refractivity contribution >= 4 is 12.4 Å². The summed E-state index contributed by atoms with van der Waals surface area (Å²) in [5, 5.41) is 10.9. The zero-order valence-electron chi connectivity index (χ0n) is 7.65. The first-order valence-electron chi connectivity index (χ1n) is 4.06. The minimum atomic E-state index is -1.07.